The summed E-state index contributed by atoms with van der Waals surface area (Å²) < 4.78 is 8.22. The van der Waals surface area contributed by atoms with Crippen molar-refractivity contribution in [3.05, 3.63) is 35.4 Å². The van der Waals surface area contributed by atoms with Crippen LogP contribution in [0.15, 0.2) is 24.3 Å². The summed E-state index contributed by atoms with van der Waals surface area (Å²) in [6, 6.07) is 8.36. The van der Waals surface area contributed by atoms with Crippen molar-refractivity contribution in [1.82, 2.24) is 0 Å². The maximum absolute atomic E-state index is 8.22. The van der Waals surface area contributed by atoms with Gasteiger partial charge in [-0.1, -0.05) is 45.0 Å². The molecule has 0 heteroatoms. The molecule has 0 spiro atoms. The maximum Gasteiger partial charge on any atom is 0.0350 e. The average Bonchev–Trinajstić information content (AvgIpc) is 2.20. The maximum atomic E-state index is 8.22. The third kappa shape index (κ3) is 0.979. The summed E-state index contributed by atoms with van der Waals surface area (Å²) in [5.41, 5.74) is 2.74. The van der Waals surface area contributed by atoms with Crippen molar-refractivity contribution in [2.24, 2.45) is 0 Å². The van der Waals surface area contributed by atoms with Crippen LogP contribution in [0.1, 0.15) is 45.6 Å². The molecule has 1 unspecified atom stereocenters. The van der Waals surface area contributed by atoms with Gasteiger partial charge >= 0.3 is 0 Å². The molecule has 0 saturated heterocycles. The van der Waals surface area contributed by atoms with E-state index < -0.39 is 0 Å². The van der Waals surface area contributed by atoms with Gasteiger partial charge in [-0.3, -0.25) is 0 Å². The normalized spacial score (nSPS) is 32.8. The van der Waals surface area contributed by atoms with E-state index in [1.165, 1.54) is 11.1 Å². The van der Waals surface area contributed by atoms with Crippen LogP contribution in [-0.4, -0.2) is 0 Å². The van der Waals surface area contributed by atoms with Crippen LogP contribution in [-0.2, 0) is 5.41 Å². The van der Waals surface area contributed by atoms with Gasteiger partial charge in [0.25, 0.3) is 0 Å². The molecule has 1 aromatic carbocycles. The minimum absolute atomic E-state index is 0.174. The first-order chi connectivity index (χ1) is 5.93. The van der Waals surface area contributed by atoms with Crippen LogP contribution < -0.4 is 0 Å². The Kier molecular flexibility index (Phi) is 1.31. The molecule has 64 valence electrons. The molecule has 2 rings (SSSR count). The van der Waals surface area contributed by atoms with Gasteiger partial charge in [0.05, 0.1) is 0 Å². The minimum Gasteiger partial charge on any atom is -0.0620 e. The number of benzene rings is 1. The Morgan fingerprint density at radius 3 is 2.75 bits per heavy atom. The Morgan fingerprint density at radius 2 is 2.08 bits per heavy atom. The number of hydrogen-bond donors (Lipinski definition) is 0. The first-order valence-electron chi connectivity index (χ1n) is 5.03. The van der Waals surface area contributed by atoms with E-state index >= 15 is 0 Å². The second-order valence-corrected chi connectivity index (χ2v) is 4.39. The number of hydrogen-bond acceptors (Lipinski definition) is 0. The summed E-state index contributed by atoms with van der Waals surface area (Å²) >= 11 is 0. The molecule has 0 radical (unpaired) electrons. The Bertz CT molecular complexity index is 304. The molecule has 1 aliphatic rings. The van der Waals surface area contributed by atoms with E-state index in [1.807, 2.05) is 13.0 Å². The lowest BCUT2D eigenvalue weighted by Gasteiger charge is -2.18. The van der Waals surface area contributed by atoms with Gasteiger partial charge in [-0.25, -0.2) is 0 Å². The molecule has 0 amide bonds. The Labute approximate surface area is 76.0 Å². The summed E-state index contributed by atoms with van der Waals surface area (Å²) in [7, 11) is 0. The van der Waals surface area contributed by atoms with E-state index in [-0.39, 0.29) is 11.3 Å². The third-order valence-corrected chi connectivity index (χ3v) is 2.82. The van der Waals surface area contributed by atoms with E-state index in [1.54, 1.807) is 0 Å². The van der Waals surface area contributed by atoms with E-state index in [0.717, 1.165) is 6.42 Å². The van der Waals surface area contributed by atoms with Gasteiger partial charge in [-0.2, -0.15) is 0 Å². The average molecular weight is 161 g/mol. The highest BCUT2D eigenvalue weighted by atomic mass is 14.4. The molecule has 12 heavy (non-hydrogen) atoms. The fourth-order valence-electron chi connectivity index (χ4n) is 2.30. The van der Waals surface area contributed by atoms with Gasteiger partial charge in [0.15, 0.2) is 0 Å². The lowest BCUT2D eigenvalue weighted by Crippen LogP contribution is -2.11. The molecule has 1 aromatic rings. The van der Waals surface area contributed by atoms with Crippen molar-refractivity contribution in [2.45, 2.75) is 38.5 Å². The van der Waals surface area contributed by atoms with E-state index in [2.05, 4.69) is 32.0 Å². The van der Waals surface area contributed by atoms with Crippen LogP contribution >= 0.6 is 0 Å². The SMILES string of the molecule is [2H]C1(C)CC(C)(C)c2ccccc21. The molecule has 0 N–H and O–H groups in total. The van der Waals surface area contributed by atoms with Crippen molar-refractivity contribution in [3.63, 3.8) is 0 Å². The minimum atomic E-state index is -0.389. The molecule has 0 bridgehead atoms. The highest BCUT2D eigenvalue weighted by Crippen LogP contribution is 2.44. The zero-order valence-electron chi connectivity index (χ0n) is 9.02. The van der Waals surface area contributed by atoms with Crippen molar-refractivity contribution in [3.8, 4) is 0 Å². The van der Waals surface area contributed by atoms with Gasteiger partial charge in [0.1, 0.15) is 0 Å². The second kappa shape index (κ2) is 2.35. The molecule has 1 atom stereocenters. The third-order valence-electron chi connectivity index (χ3n) is 2.82. The highest BCUT2D eigenvalue weighted by molar-refractivity contribution is 5.40. The zero-order chi connectivity index (χ0) is 9.69. The van der Waals surface area contributed by atoms with Gasteiger partial charge in [-0.05, 0) is 28.9 Å². The molecule has 1 aliphatic carbocycles. The highest BCUT2D eigenvalue weighted by Gasteiger charge is 2.33. The fourth-order valence-corrected chi connectivity index (χ4v) is 2.30. The predicted octanol–water partition coefficient (Wildman–Crippen LogP) is 3.47. The van der Waals surface area contributed by atoms with Crippen LogP contribution in [0.3, 0.4) is 0 Å². The molecule has 0 aliphatic heterocycles. The van der Waals surface area contributed by atoms with E-state index in [4.69, 9.17) is 1.37 Å². The largest absolute Gasteiger partial charge is 0.0620 e. The lowest BCUT2D eigenvalue weighted by atomic mass is 9.86. The van der Waals surface area contributed by atoms with Crippen LogP contribution in [0.2, 0.25) is 0 Å². The molecule has 0 aromatic heterocycles. The summed E-state index contributed by atoms with van der Waals surface area (Å²) in [4.78, 5) is 0. The quantitative estimate of drug-likeness (QED) is 0.546. The topological polar surface area (TPSA) is 0 Å². The summed E-state index contributed by atoms with van der Waals surface area (Å²) in [5, 5.41) is 0. The molecule has 0 fully saturated rings. The Hall–Kier alpha value is -0.780. The molecular formula is C12H16. The van der Waals surface area contributed by atoms with Crippen molar-refractivity contribution in [1.29, 1.82) is 0 Å². The smallest absolute Gasteiger partial charge is 0.0350 e. The summed E-state index contributed by atoms with van der Waals surface area (Å²) in [6.45, 7) is 6.47. The molecule has 0 nitrogen and oxygen atoms in total. The van der Waals surface area contributed by atoms with Crippen LogP contribution in [0.4, 0.5) is 0 Å². The lowest BCUT2D eigenvalue weighted by molar-refractivity contribution is 0.489. The van der Waals surface area contributed by atoms with Crippen molar-refractivity contribution >= 4 is 0 Å². The van der Waals surface area contributed by atoms with Gasteiger partial charge in [-0.15, -0.1) is 0 Å². The molecular weight excluding hydrogens is 144 g/mol. The summed E-state index contributed by atoms with van der Waals surface area (Å²) in [6.07, 6.45) is 0.930. The monoisotopic (exact) mass is 161 g/mol. The van der Waals surface area contributed by atoms with Gasteiger partial charge in [0, 0.05) is 1.37 Å². The summed E-state index contributed by atoms with van der Waals surface area (Å²) in [5.74, 6) is -0.389. The predicted molar refractivity (Wildman–Crippen MR) is 52.5 cm³/mol. The van der Waals surface area contributed by atoms with Crippen molar-refractivity contribution in [2.75, 3.05) is 0 Å². The van der Waals surface area contributed by atoms with Crippen molar-refractivity contribution < 1.29 is 1.37 Å². The number of rotatable bonds is 0. The first kappa shape index (κ1) is 6.71. The Morgan fingerprint density at radius 1 is 1.42 bits per heavy atom. The van der Waals surface area contributed by atoms with Gasteiger partial charge < -0.3 is 0 Å². The number of fused-ring (bicyclic) bond motifs is 1. The first-order valence-corrected chi connectivity index (χ1v) is 4.53. The Balaban J connectivity index is 2.64. The fraction of sp³-hybridized carbons (Fsp3) is 0.500. The molecule has 0 saturated carbocycles. The molecule has 0 heterocycles. The second-order valence-electron chi connectivity index (χ2n) is 4.39. The zero-order valence-corrected chi connectivity index (χ0v) is 8.02. The van der Waals surface area contributed by atoms with Crippen LogP contribution in [0.5, 0.6) is 0 Å². The van der Waals surface area contributed by atoms with Gasteiger partial charge in [0.2, 0.25) is 0 Å². The van der Waals surface area contributed by atoms with Crippen LogP contribution in [0.25, 0.3) is 0 Å². The standard InChI is InChI=1S/C12H16/c1-9-8-12(2,3)11-7-5-4-6-10(9)11/h4-7,9H,8H2,1-3H3/i9D. The van der Waals surface area contributed by atoms with E-state index in [9.17, 15) is 0 Å². The van der Waals surface area contributed by atoms with Crippen LogP contribution in [0, 0.1) is 0 Å². The van der Waals surface area contributed by atoms with E-state index in [0.29, 0.717) is 0 Å².